The van der Waals surface area contributed by atoms with E-state index in [4.69, 9.17) is 0 Å². The fraction of sp³-hybridized carbons (Fsp3) is 0.188. The van der Waals surface area contributed by atoms with E-state index >= 15 is 0 Å². The zero-order valence-electron chi connectivity index (χ0n) is 11.3. The van der Waals surface area contributed by atoms with Crippen molar-refractivity contribution in [2.75, 3.05) is 4.90 Å². The van der Waals surface area contributed by atoms with Gasteiger partial charge in [-0.15, -0.1) is 0 Å². The maximum absolute atomic E-state index is 12.3. The van der Waals surface area contributed by atoms with E-state index < -0.39 is 0 Å². The van der Waals surface area contributed by atoms with Gasteiger partial charge in [0.2, 0.25) is 5.91 Å². The number of fused-ring (bicyclic) bond motifs is 1. The molecule has 0 spiro atoms. The largest absolute Gasteiger partial charge is 0.288 e. The average molecular weight is 265 g/mol. The fourth-order valence-electron chi connectivity index (χ4n) is 2.28. The van der Waals surface area contributed by atoms with Gasteiger partial charge in [-0.2, -0.15) is 0 Å². The number of carbonyl (C=O) groups excluding carboxylic acids is 1. The lowest BCUT2D eigenvalue weighted by molar-refractivity contribution is -0.117. The van der Waals surface area contributed by atoms with E-state index in [1.165, 1.54) is 5.56 Å². The topological polar surface area (TPSA) is 45.6 Å². The van der Waals surface area contributed by atoms with Crippen molar-refractivity contribution < 1.29 is 4.79 Å². The molecule has 2 heterocycles. The van der Waals surface area contributed by atoms with Crippen LogP contribution < -0.4 is 4.90 Å². The van der Waals surface area contributed by atoms with Crippen LogP contribution in [0, 0.1) is 0 Å². The summed E-state index contributed by atoms with van der Waals surface area (Å²) in [6.07, 6.45) is 3.98. The number of aliphatic imine (C=N–C) groups is 1. The summed E-state index contributed by atoms with van der Waals surface area (Å²) in [6, 6.07) is 11.5. The summed E-state index contributed by atoms with van der Waals surface area (Å²) < 4.78 is 0. The number of nitrogens with zero attached hydrogens (tertiary/aromatic N) is 3. The van der Waals surface area contributed by atoms with Crippen molar-refractivity contribution in [3.8, 4) is 0 Å². The van der Waals surface area contributed by atoms with Crippen molar-refractivity contribution in [2.45, 2.75) is 19.9 Å². The first-order valence-corrected chi connectivity index (χ1v) is 6.66. The second-order valence-corrected chi connectivity index (χ2v) is 4.62. The van der Waals surface area contributed by atoms with Gasteiger partial charge in [0.1, 0.15) is 5.82 Å². The van der Waals surface area contributed by atoms with Crippen LogP contribution in [0.2, 0.25) is 0 Å². The average Bonchev–Trinajstić information content (AvgIpc) is 2.96. The van der Waals surface area contributed by atoms with Gasteiger partial charge in [0, 0.05) is 18.8 Å². The Kier molecular flexibility index (Phi) is 3.29. The Morgan fingerprint density at radius 1 is 1.30 bits per heavy atom. The molecule has 20 heavy (non-hydrogen) atoms. The van der Waals surface area contributed by atoms with E-state index in [9.17, 15) is 4.79 Å². The van der Waals surface area contributed by atoms with Crippen molar-refractivity contribution in [3.05, 3.63) is 53.7 Å². The molecule has 0 fully saturated rings. The Morgan fingerprint density at radius 3 is 2.95 bits per heavy atom. The molecular weight excluding hydrogens is 250 g/mol. The molecule has 3 rings (SSSR count). The molecule has 0 saturated heterocycles. The second kappa shape index (κ2) is 5.25. The van der Waals surface area contributed by atoms with Crippen LogP contribution in [0.4, 0.5) is 11.5 Å². The molecule has 4 nitrogen and oxygen atoms in total. The lowest BCUT2D eigenvalue weighted by atomic mass is 10.1. The quantitative estimate of drug-likeness (QED) is 0.856. The van der Waals surface area contributed by atoms with Gasteiger partial charge in [0.25, 0.3) is 0 Å². The molecule has 100 valence electrons. The van der Waals surface area contributed by atoms with Gasteiger partial charge < -0.3 is 0 Å². The molecular formula is C16H15N3O. The van der Waals surface area contributed by atoms with Crippen molar-refractivity contribution in [3.63, 3.8) is 0 Å². The van der Waals surface area contributed by atoms with E-state index in [2.05, 4.69) is 9.98 Å². The fourth-order valence-corrected chi connectivity index (χ4v) is 2.28. The van der Waals surface area contributed by atoms with Crippen molar-refractivity contribution in [1.82, 2.24) is 4.98 Å². The summed E-state index contributed by atoms with van der Waals surface area (Å²) in [6.45, 7) is 2.58. The molecule has 0 aliphatic carbocycles. The van der Waals surface area contributed by atoms with E-state index in [-0.39, 0.29) is 5.91 Å². The van der Waals surface area contributed by atoms with Gasteiger partial charge in [-0.1, -0.05) is 19.1 Å². The summed E-state index contributed by atoms with van der Waals surface area (Å²) in [5.41, 5.74) is 3.11. The summed E-state index contributed by atoms with van der Waals surface area (Å²) in [5.74, 6) is 0.674. The zero-order valence-corrected chi connectivity index (χ0v) is 11.3. The number of carbonyl (C=O) groups is 1. The number of amides is 1. The maximum atomic E-state index is 12.3. The first-order valence-electron chi connectivity index (χ1n) is 6.66. The number of anilines is 2. The minimum atomic E-state index is 0.0265. The number of hydrogen-bond donors (Lipinski definition) is 0. The summed E-state index contributed by atoms with van der Waals surface area (Å²) in [7, 11) is 0. The zero-order chi connectivity index (χ0) is 13.9. The molecule has 1 aliphatic heterocycles. The number of pyridine rings is 1. The van der Waals surface area contributed by atoms with Crippen LogP contribution in [0.25, 0.3) is 0 Å². The molecule has 4 heteroatoms. The van der Waals surface area contributed by atoms with Crippen molar-refractivity contribution in [2.24, 2.45) is 4.99 Å². The minimum Gasteiger partial charge on any atom is -0.288 e. The van der Waals surface area contributed by atoms with Gasteiger partial charge in [-0.05, 0) is 35.4 Å². The highest BCUT2D eigenvalue weighted by atomic mass is 16.2. The Morgan fingerprint density at radius 2 is 2.20 bits per heavy atom. The molecule has 0 bridgehead atoms. The molecule has 1 aromatic heterocycles. The van der Waals surface area contributed by atoms with Crippen LogP contribution in [0.5, 0.6) is 0 Å². The summed E-state index contributed by atoms with van der Waals surface area (Å²) in [5, 5.41) is 0. The Labute approximate surface area is 117 Å². The predicted octanol–water partition coefficient (Wildman–Crippen LogP) is 3.09. The lowest BCUT2D eigenvalue weighted by Crippen LogP contribution is -2.25. The molecule has 1 aromatic carbocycles. The van der Waals surface area contributed by atoms with Crippen LogP contribution in [-0.2, 0) is 11.3 Å². The van der Waals surface area contributed by atoms with Crippen molar-refractivity contribution in [1.29, 1.82) is 0 Å². The number of hydrogen-bond acceptors (Lipinski definition) is 3. The number of rotatable bonds is 3. The normalized spacial score (nSPS) is 12.2. The van der Waals surface area contributed by atoms with E-state index in [0.29, 0.717) is 12.2 Å². The monoisotopic (exact) mass is 265 g/mol. The van der Waals surface area contributed by atoms with Gasteiger partial charge in [-0.25, -0.2) is 4.98 Å². The Balaban J connectivity index is 2.06. The highest BCUT2D eigenvalue weighted by Crippen LogP contribution is 2.27. The van der Waals surface area contributed by atoms with Crippen LogP contribution in [0.1, 0.15) is 24.5 Å². The minimum absolute atomic E-state index is 0.0265. The van der Waals surface area contributed by atoms with Gasteiger partial charge >= 0.3 is 0 Å². The highest BCUT2D eigenvalue weighted by Gasteiger charge is 2.19. The van der Waals surface area contributed by atoms with Crippen LogP contribution in [0.3, 0.4) is 0 Å². The smallest absolute Gasteiger partial charge is 0.232 e. The molecule has 0 saturated carbocycles. The Hall–Kier alpha value is -2.49. The van der Waals surface area contributed by atoms with Gasteiger partial charge in [0.15, 0.2) is 0 Å². The van der Waals surface area contributed by atoms with Gasteiger partial charge in [0.05, 0.1) is 12.2 Å². The van der Waals surface area contributed by atoms with E-state index in [1.54, 1.807) is 11.1 Å². The molecule has 2 aromatic rings. The van der Waals surface area contributed by atoms with Crippen molar-refractivity contribution >= 4 is 23.6 Å². The lowest BCUT2D eigenvalue weighted by Gasteiger charge is -2.21. The first-order chi connectivity index (χ1) is 9.79. The third kappa shape index (κ3) is 2.20. The standard InChI is InChI=1S/C16H15N3O/c1-2-16(20)19(15-5-3-4-8-18-15)14-7-6-12-10-17-11-13(12)9-14/h3-9,11H,2,10H2,1H3. The number of aromatic nitrogens is 1. The molecule has 0 radical (unpaired) electrons. The third-order valence-corrected chi connectivity index (χ3v) is 3.31. The third-order valence-electron chi connectivity index (χ3n) is 3.31. The molecule has 0 N–H and O–H groups in total. The second-order valence-electron chi connectivity index (χ2n) is 4.62. The highest BCUT2D eigenvalue weighted by molar-refractivity contribution is 6.00. The van der Waals surface area contributed by atoms with Crippen LogP contribution in [0.15, 0.2) is 47.6 Å². The van der Waals surface area contributed by atoms with Crippen LogP contribution >= 0.6 is 0 Å². The van der Waals surface area contributed by atoms with Gasteiger partial charge in [-0.3, -0.25) is 14.7 Å². The number of benzene rings is 1. The van der Waals surface area contributed by atoms with E-state index in [1.807, 2.05) is 49.5 Å². The van der Waals surface area contributed by atoms with E-state index in [0.717, 1.165) is 17.8 Å². The summed E-state index contributed by atoms with van der Waals surface area (Å²) >= 11 is 0. The molecule has 1 aliphatic rings. The first kappa shape index (κ1) is 12.5. The molecule has 1 amide bonds. The molecule has 0 atom stereocenters. The van der Waals surface area contributed by atoms with Crippen LogP contribution in [-0.4, -0.2) is 17.1 Å². The predicted molar refractivity (Wildman–Crippen MR) is 79.4 cm³/mol. The SMILES string of the molecule is CCC(=O)N(c1ccc2c(c1)C=NC2)c1ccccn1. The Bertz CT molecular complexity index is 665. The maximum Gasteiger partial charge on any atom is 0.232 e. The molecule has 0 unspecified atom stereocenters. The summed E-state index contributed by atoms with van der Waals surface area (Å²) in [4.78, 5) is 22.5.